The van der Waals surface area contributed by atoms with Crippen LogP contribution in [0.3, 0.4) is 0 Å². The van der Waals surface area contributed by atoms with E-state index in [1.807, 2.05) is 24.4 Å². The molecule has 0 saturated heterocycles. The highest BCUT2D eigenvalue weighted by molar-refractivity contribution is 7.88. The van der Waals surface area contributed by atoms with E-state index in [4.69, 9.17) is 4.98 Å². The number of fused-ring (bicyclic) bond motifs is 1. The number of hydrazone groups is 1. The SMILES string of the molecule is CN(/N=C1\CCCc2ccc(-c3cnc(-c4cccnc4)s3)nc21)S(C)(=O)=O. The van der Waals surface area contributed by atoms with Crippen molar-refractivity contribution in [3.05, 3.63) is 54.1 Å². The Balaban J connectivity index is 1.71. The van der Waals surface area contributed by atoms with Crippen molar-refractivity contribution in [2.75, 3.05) is 13.3 Å². The molecule has 28 heavy (non-hydrogen) atoms. The first-order valence-corrected chi connectivity index (χ1v) is 11.5. The lowest BCUT2D eigenvalue weighted by molar-refractivity contribution is 0.493. The molecule has 0 unspecified atom stereocenters. The molecule has 144 valence electrons. The summed E-state index contributed by atoms with van der Waals surface area (Å²) in [5, 5.41) is 5.20. The molecule has 3 aromatic heterocycles. The first-order chi connectivity index (χ1) is 13.4. The number of aryl methyl sites for hydroxylation is 1. The number of sulfonamides is 1. The second-order valence-electron chi connectivity index (χ2n) is 6.57. The molecular formula is C19H19N5O2S2. The third-order valence-corrected chi connectivity index (χ3v) is 6.63. The first kappa shape index (κ1) is 18.7. The molecule has 1 aliphatic rings. The molecule has 0 N–H and O–H groups in total. The number of rotatable bonds is 4. The Labute approximate surface area is 167 Å². The fourth-order valence-electron chi connectivity index (χ4n) is 3.00. The van der Waals surface area contributed by atoms with E-state index in [1.165, 1.54) is 7.05 Å². The van der Waals surface area contributed by atoms with Crippen molar-refractivity contribution >= 4 is 27.1 Å². The molecule has 3 heterocycles. The minimum atomic E-state index is -3.39. The van der Waals surface area contributed by atoms with E-state index in [0.717, 1.165) is 55.9 Å². The topological polar surface area (TPSA) is 88.4 Å². The number of pyridine rings is 2. The van der Waals surface area contributed by atoms with E-state index < -0.39 is 10.0 Å². The van der Waals surface area contributed by atoms with Gasteiger partial charge in [-0.1, -0.05) is 6.07 Å². The van der Waals surface area contributed by atoms with E-state index in [2.05, 4.69) is 21.1 Å². The van der Waals surface area contributed by atoms with Crippen molar-refractivity contribution in [3.63, 3.8) is 0 Å². The summed E-state index contributed by atoms with van der Waals surface area (Å²) in [6.07, 6.45) is 9.01. The molecule has 0 spiro atoms. The third kappa shape index (κ3) is 3.81. The Morgan fingerprint density at radius 1 is 1.18 bits per heavy atom. The summed E-state index contributed by atoms with van der Waals surface area (Å²) < 4.78 is 24.5. The molecule has 0 aromatic carbocycles. The van der Waals surface area contributed by atoms with E-state index in [0.29, 0.717) is 12.1 Å². The van der Waals surface area contributed by atoms with Gasteiger partial charge in [-0.25, -0.2) is 18.4 Å². The second-order valence-corrected chi connectivity index (χ2v) is 9.60. The van der Waals surface area contributed by atoms with Crippen LogP contribution in [0.1, 0.15) is 24.1 Å². The van der Waals surface area contributed by atoms with E-state index >= 15 is 0 Å². The molecule has 7 nitrogen and oxygen atoms in total. The molecule has 0 amide bonds. The van der Waals surface area contributed by atoms with Crippen LogP contribution < -0.4 is 0 Å². The average Bonchev–Trinajstić information content (AvgIpc) is 3.18. The van der Waals surface area contributed by atoms with E-state index in [1.54, 1.807) is 23.7 Å². The van der Waals surface area contributed by atoms with Gasteiger partial charge in [0.15, 0.2) is 0 Å². The fraction of sp³-hybridized carbons (Fsp3) is 0.263. The number of aromatic nitrogens is 3. The second kappa shape index (κ2) is 7.40. The Hall–Kier alpha value is -2.65. The van der Waals surface area contributed by atoms with Crippen LogP contribution in [-0.4, -0.2) is 46.8 Å². The highest BCUT2D eigenvalue weighted by Gasteiger charge is 2.21. The van der Waals surface area contributed by atoms with Crippen LogP contribution in [0.2, 0.25) is 0 Å². The number of hydrogen-bond donors (Lipinski definition) is 0. The van der Waals surface area contributed by atoms with Gasteiger partial charge in [0.2, 0.25) is 10.0 Å². The maximum Gasteiger partial charge on any atom is 0.246 e. The van der Waals surface area contributed by atoms with Gasteiger partial charge in [0.1, 0.15) is 5.01 Å². The van der Waals surface area contributed by atoms with Gasteiger partial charge in [0.25, 0.3) is 0 Å². The third-order valence-electron chi connectivity index (χ3n) is 4.52. The molecule has 0 radical (unpaired) electrons. The molecule has 0 saturated carbocycles. The van der Waals surface area contributed by atoms with Crippen LogP contribution in [0.5, 0.6) is 0 Å². The van der Waals surface area contributed by atoms with Gasteiger partial charge in [0.05, 0.1) is 28.2 Å². The van der Waals surface area contributed by atoms with Crippen LogP contribution in [0.25, 0.3) is 21.1 Å². The summed E-state index contributed by atoms with van der Waals surface area (Å²) in [5.74, 6) is 0. The molecule has 1 aliphatic carbocycles. The van der Waals surface area contributed by atoms with Crippen LogP contribution in [0.15, 0.2) is 48.0 Å². The van der Waals surface area contributed by atoms with Crippen molar-refractivity contribution in [3.8, 4) is 21.1 Å². The summed E-state index contributed by atoms with van der Waals surface area (Å²) >= 11 is 1.55. The van der Waals surface area contributed by atoms with Crippen molar-refractivity contribution in [2.24, 2.45) is 5.10 Å². The molecule has 3 aromatic rings. The highest BCUT2D eigenvalue weighted by Crippen LogP contribution is 2.32. The number of hydrogen-bond acceptors (Lipinski definition) is 7. The van der Waals surface area contributed by atoms with Crippen molar-refractivity contribution in [1.82, 2.24) is 19.4 Å². The van der Waals surface area contributed by atoms with Crippen molar-refractivity contribution in [2.45, 2.75) is 19.3 Å². The Morgan fingerprint density at radius 2 is 2.04 bits per heavy atom. The Bertz CT molecular complexity index is 1140. The Kier molecular flexibility index (Phi) is 4.94. The smallest absolute Gasteiger partial charge is 0.246 e. The quantitative estimate of drug-likeness (QED) is 0.613. The molecule has 0 aliphatic heterocycles. The predicted octanol–water partition coefficient (Wildman–Crippen LogP) is 3.20. The normalized spacial score (nSPS) is 15.4. The lowest BCUT2D eigenvalue weighted by Crippen LogP contribution is -2.24. The zero-order valence-electron chi connectivity index (χ0n) is 15.5. The molecular weight excluding hydrogens is 394 g/mol. The summed E-state index contributed by atoms with van der Waals surface area (Å²) in [4.78, 5) is 14.4. The van der Waals surface area contributed by atoms with Gasteiger partial charge in [-0.05, 0) is 43.0 Å². The van der Waals surface area contributed by atoms with Gasteiger partial charge in [-0.15, -0.1) is 11.3 Å². The summed E-state index contributed by atoms with van der Waals surface area (Å²) in [5.41, 5.74) is 4.34. The van der Waals surface area contributed by atoms with Gasteiger partial charge in [0, 0.05) is 31.2 Å². The highest BCUT2D eigenvalue weighted by atomic mass is 32.2. The molecule has 4 rings (SSSR count). The van der Waals surface area contributed by atoms with Gasteiger partial charge >= 0.3 is 0 Å². The molecule has 0 bridgehead atoms. The maximum absolute atomic E-state index is 11.7. The maximum atomic E-state index is 11.7. The number of nitrogens with zero attached hydrogens (tertiary/aromatic N) is 5. The monoisotopic (exact) mass is 413 g/mol. The van der Waals surface area contributed by atoms with Gasteiger partial charge < -0.3 is 0 Å². The predicted molar refractivity (Wildman–Crippen MR) is 111 cm³/mol. The Morgan fingerprint density at radius 3 is 2.79 bits per heavy atom. The van der Waals surface area contributed by atoms with E-state index in [9.17, 15) is 8.42 Å². The van der Waals surface area contributed by atoms with Gasteiger partial charge in [-0.3, -0.25) is 4.98 Å². The van der Waals surface area contributed by atoms with E-state index in [-0.39, 0.29) is 0 Å². The summed E-state index contributed by atoms with van der Waals surface area (Å²) in [6.45, 7) is 0. The van der Waals surface area contributed by atoms with Crippen LogP contribution in [-0.2, 0) is 16.4 Å². The van der Waals surface area contributed by atoms with Crippen molar-refractivity contribution in [1.29, 1.82) is 0 Å². The summed E-state index contributed by atoms with van der Waals surface area (Å²) in [7, 11) is -1.94. The van der Waals surface area contributed by atoms with Crippen molar-refractivity contribution < 1.29 is 8.42 Å². The minimum Gasteiger partial charge on any atom is -0.264 e. The molecule has 0 fully saturated rings. The largest absolute Gasteiger partial charge is 0.264 e. The summed E-state index contributed by atoms with van der Waals surface area (Å²) in [6, 6.07) is 7.90. The molecule has 0 atom stereocenters. The lowest BCUT2D eigenvalue weighted by Gasteiger charge is -2.20. The lowest BCUT2D eigenvalue weighted by atomic mass is 9.94. The van der Waals surface area contributed by atoms with Crippen LogP contribution >= 0.6 is 11.3 Å². The zero-order chi connectivity index (χ0) is 19.7. The van der Waals surface area contributed by atoms with Crippen LogP contribution in [0.4, 0.5) is 0 Å². The van der Waals surface area contributed by atoms with Crippen LogP contribution in [0, 0.1) is 0 Å². The zero-order valence-corrected chi connectivity index (χ0v) is 17.2. The number of thiazole rings is 1. The van der Waals surface area contributed by atoms with Gasteiger partial charge in [-0.2, -0.15) is 9.52 Å². The standard InChI is InChI=1S/C19H19N5O2S2/c1-24(28(2,25)26)23-16-7-3-5-13-8-9-15(22-18(13)16)17-12-21-19(27-17)14-6-4-10-20-11-14/h4,6,8-12H,3,5,7H2,1-2H3/b23-16+. The minimum absolute atomic E-state index is 0.701. The first-order valence-electron chi connectivity index (χ1n) is 8.80. The fourth-order valence-corrected chi connectivity index (χ4v) is 4.12. The average molecular weight is 414 g/mol. The molecule has 9 heteroatoms.